The Morgan fingerprint density at radius 3 is 3.00 bits per heavy atom. The second-order valence-corrected chi connectivity index (χ2v) is 6.20. The van der Waals surface area contributed by atoms with E-state index in [4.69, 9.17) is 4.74 Å². The summed E-state index contributed by atoms with van der Waals surface area (Å²) >= 11 is 1.52. The van der Waals surface area contributed by atoms with E-state index in [0.717, 1.165) is 40.5 Å². The fraction of sp³-hybridized carbons (Fsp3) is 0.312. The number of aldehydes is 1. The van der Waals surface area contributed by atoms with Crippen LogP contribution in [0.4, 0.5) is 0 Å². The number of carbonyl (C=O) groups excluding carboxylic acids is 1. The molecule has 6 heteroatoms. The number of aryl methyl sites for hydroxylation is 3. The van der Waals surface area contributed by atoms with Crippen LogP contribution in [-0.4, -0.2) is 27.5 Å². The van der Waals surface area contributed by atoms with E-state index in [0.29, 0.717) is 12.3 Å². The van der Waals surface area contributed by atoms with Crippen LogP contribution in [0.1, 0.15) is 33.2 Å². The largest absolute Gasteiger partial charge is 0.494 e. The van der Waals surface area contributed by atoms with Crippen molar-refractivity contribution in [3.63, 3.8) is 0 Å². The molecule has 0 bridgehead atoms. The van der Waals surface area contributed by atoms with Crippen LogP contribution < -0.4 is 4.74 Å². The first-order valence-corrected chi connectivity index (χ1v) is 7.98. The van der Waals surface area contributed by atoms with Gasteiger partial charge >= 0.3 is 0 Å². The van der Waals surface area contributed by atoms with Gasteiger partial charge in [0.15, 0.2) is 6.29 Å². The number of carbonyl (C=O) groups is 1. The fourth-order valence-electron chi connectivity index (χ4n) is 2.26. The summed E-state index contributed by atoms with van der Waals surface area (Å²) in [5.74, 6) is 0.896. The summed E-state index contributed by atoms with van der Waals surface area (Å²) in [7, 11) is 0. The monoisotopic (exact) mass is 315 g/mol. The van der Waals surface area contributed by atoms with E-state index >= 15 is 0 Å². The van der Waals surface area contributed by atoms with Crippen molar-refractivity contribution in [2.24, 2.45) is 0 Å². The van der Waals surface area contributed by atoms with Crippen LogP contribution in [0, 0.1) is 13.8 Å². The predicted octanol–water partition coefficient (Wildman–Crippen LogP) is 3.23. The number of benzene rings is 1. The van der Waals surface area contributed by atoms with Crippen molar-refractivity contribution in [2.75, 3.05) is 6.61 Å². The molecule has 22 heavy (non-hydrogen) atoms. The topological polar surface area (TPSA) is 56.5 Å². The van der Waals surface area contributed by atoms with Crippen molar-refractivity contribution in [1.82, 2.24) is 14.6 Å². The lowest BCUT2D eigenvalue weighted by molar-refractivity contribution is 0.111. The van der Waals surface area contributed by atoms with E-state index in [-0.39, 0.29) is 0 Å². The molecule has 1 aromatic carbocycles. The number of aromatic nitrogens is 3. The Hall–Kier alpha value is -2.21. The fourth-order valence-corrected chi connectivity index (χ4v) is 3.25. The third-order valence-corrected chi connectivity index (χ3v) is 4.34. The van der Waals surface area contributed by atoms with Gasteiger partial charge in [-0.3, -0.25) is 4.79 Å². The van der Waals surface area contributed by atoms with E-state index in [1.54, 1.807) is 4.52 Å². The lowest BCUT2D eigenvalue weighted by Crippen LogP contribution is -2.00. The average molecular weight is 315 g/mol. The third-order valence-electron chi connectivity index (χ3n) is 3.37. The van der Waals surface area contributed by atoms with E-state index in [2.05, 4.69) is 10.1 Å². The highest BCUT2D eigenvalue weighted by Gasteiger charge is 2.12. The van der Waals surface area contributed by atoms with Crippen molar-refractivity contribution in [3.8, 4) is 5.75 Å². The van der Waals surface area contributed by atoms with Gasteiger partial charge in [0.05, 0.1) is 12.3 Å². The second kappa shape index (κ2) is 6.27. The van der Waals surface area contributed by atoms with Crippen LogP contribution in [0.2, 0.25) is 0 Å². The number of hydrogen-bond donors (Lipinski definition) is 0. The first-order valence-electron chi connectivity index (χ1n) is 7.17. The molecule has 0 fully saturated rings. The highest BCUT2D eigenvalue weighted by atomic mass is 32.1. The van der Waals surface area contributed by atoms with Crippen molar-refractivity contribution in [2.45, 2.75) is 26.7 Å². The minimum Gasteiger partial charge on any atom is -0.494 e. The van der Waals surface area contributed by atoms with Crippen LogP contribution in [-0.2, 0) is 6.42 Å². The zero-order valence-electron chi connectivity index (χ0n) is 12.6. The molecular formula is C16H17N3O2S. The van der Waals surface area contributed by atoms with Crippen molar-refractivity contribution < 1.29 is 9.53 Å². The molecule has 0 spiro atoms. The summed E-state index contributed by atoms with van der Waals surface area (Å²) in [5, 5.41) is 5.42. The summed E-state index contributed by atoms with van der Waals surface area (Å²) in [6.45, 7) is 4.51. The minimum atomic E-state index is 0.536. The van der Waals surface area contributed by atoms with Gasteiger partial charge in [0.2, 0.25) is 4.96 Å². The number of ether oxygens (including phenoxy) is 1. The summed E-state index contributed by atoms with van der Waals surface area (Å²) in [5.41, 5.74) is 2.45. The zero-order chi connectivity index (χ0) is 15.5. The standard InChI is InChI=1S/C16H17N3O2S/c1-11-5-3-6-13(9-11)21-8-4-7-15-18-19-14(10-20)12(2)17-16(19)22-15/h3,5-6,9-10H,4,7-8H2,1-2H3. The lowest BCUT2D eigenvalue weighted by atomic mass is 10.2. The first-order chi connectivity index (χ1) is 10.7. The molecule has 2 aromatic heterocycles. The molecule has 0 aliphatic carbocycles. The molecule has 0 saturated heterocycles. The predicted molar refractivity (Wildman–Crippen MR) is 86.0 cm³/mol. The maximum absolute atomic E-state index is 11.0. The number of imidazole rings is 1. The van der Waals surface area contributed by atoms with E-state index in [1.807, 2.05) is 38.1 Å². The SMILES string of the molecule is Cc1cccc(OCCCc2nn3c(C=O)c(C)nc3s2)c1. The smallest absolute Gasteiger partial charge is 0.213 e. The maximum atomic E-state index is 11.0. The quantitative estimate of drug-likeness (QED) is 0.517. The molecule has 0 aliphatic rings. The molecule has 0 atom stereocenters. The van der Waals surface area contributed by atoms with Crippen LogP contribution in [0.25, 0.3) is 4.96 Å². The molecule has 0 amide bonds. The number of nitrogens with zero attached hydrogens (tertiary/aromatic N) is 3. The molecule has 0 aliphatic heterocycles. The van der Waals surface area contributed by atoms with Gasteiger partial charge in [-0.25, -0.2) is 4.98 Å². The van der Waals surface area contributed by atoms with Gasteiger partial charge in [0, 0.05) is 6.42 Å². The van der Waals surface area contributed by atoms with Crippen LogP contribution >= 0.6 is 11.3 Å². The molecule has 0 radical (unpaired) electrons. The van der Waals surface area contributed by atoms with E-state index < -0.39 is 0 Å². The normalized spacial score (nSPS) is 11.0. The summed E-state index contributed by atoms with van der Waals surface area (Å²) < 4.78 is 7.36. The van der Waals surface area contributed by atoms with E-state index in [9.17, 15) is 4.79 Å². The number of hydrogen-bond acceptors (Lipinski definition) is 5. The van der Waals surface area contributed by atoms with Crippen molar-refractivity contribution in [3.05, 3.63) is 46.2 Å². The highest BCUT2D eigenvalue weighted by molar-refractivity contribution is 7.16. The van der Waals surface area contributed by atoms with Crippen molar-refractivity contribution >= 4 is 22.6 Å². The highest BCUT2D eigenvalue weighted by Crippen LogP contribution is 2.19. The van der Waals surface area contributed by atoms with Gasteiger partial charge in [-0.2, -0.15) is 9.61 Å². The molecule has 0 N–H and O–H groups in total. The summed E-state index contributed by atoms with van der Waals surface area (Å²) in [4.78, 5) is 16.2. The minimum absolute atomic E-state index is 0.536. The van der Waals surface area contributed by atoms with E-state index in [1.165, 1.54) is 16.9 Å². The van der Waals surface area contributed by atoms with Crippen LogP contribution in [0.15, 0.2) is 24.3 Å². The Morgan fingerprint density at radius 1 is 1.36 bits per heavy atom. The molecule has 114 valence electrons. The first kappa shape index (κ1) is 14.7. The molecule has 0 unspecified atom stereocenters. The van der Waals surface area contributed by atoms with Gasteiger partial charge in [-0.05, 0) is 38.0 Å². The second-order valence-electron chi connectivity index (χ2n) is 5.16. The Kier molecular flexibility index (Phi) is 4.20. The number of rotatable bonds is 6. The molecule has 2 heterocycles. The zero-order valence-corrected chi connectivity index (χ0v) is 13.4. The van der Waals surface area contributed by atoms with Gasteiger partial charge in [0.25, 0.3) is 0 Å². The van der Waals surface area contributed by atoms with Crippen molar-refractivity contribution in [1.29, 1.82) is 0 Å². The number of fused-ring (bicyclic) bond motifs is 1. The van der Waals surface area contributed by atoms with Gasteiger partial charge in [-0.1, -0.05) is 23.5 Å². The average Bonchev–Trinajstić information content (AvgIpc) is 2.99. The van der Waals surface area contributed by atoms with Gasteiger partial charge < -0.3 is 4.74 Å². The van der Waals surface area contributed by atoms with Crippen LogP contribution in [0.5, 0.6) is 5.75 Å². The Labute approximate surface area is 132 Å². The summed E-state index contributed by atoms with van der Waals surface area (Å²) in [6, 6.07) is 8.02. The van der Waals surface area contributed by atoms with Gasteiger partial charge in [-0.15, -0.1) is 0 Å². The third kappa shape index (κ3) is 3.01. The van der Waals surface area contributed by atoms with Crippen LogP contribution in [0.3, 0.4) is 0 Å². The molecule has 0 saturated carbocycles. The summed E-state index contributed by atoms with van der Waals surface area (Å²) in [6.07, 6.45) is 2.50. The van der Waals surface area contributed by atoms with Gasteiger partial charge in [0.1, 0.15) is 16.5 Å². The maximum Gasteiger partial charge on any atom is 0.213 e. The molecule has 3 rings (SSSR count). The molecular weight excluding hydrogens is 298 g/mol. The molecule has 5 nitrogen and oxygen atoms in total. The Balaban J connectivity index is 1.58. The Bertz CT molecular complexity index is 807. The molecule has 3 aromatic rings. The lowest BCUT2D eigenvalue weighted by Gasteiger charge is -2.05. The Morgan fingerprint density at radius 2 is 2.23 bits per heavy atom.